The lowest BCUT2D eigenvalue weighted by Crippen LogP contribution is -2.38. The predicted octanol–water partition coefficient (Wildman–Crippen LogP) is 0.422. The molecule has 0 unspecified atom stereocenters. The van der Waals surface area contributed by atoms with Crippen molar-refractivity contribution in [2.75, 3.05) is 26.7 Å². The van der Waals surface area contributed by atoms with E-state index in [0.717, 1.165) is 5.71 Å². The number of amides is 3. The van der Waals surface area contributed by atoms with Crippen molar-refractivity contribution < 1.29 is 19.2 Å². The summed E-state index contributed by atoms with van der Waals surface area (Å²) in [5.41, 5.74) is 0.860. The fourth-order valence-electron chi connectivity index (χ4n) is 2.31. The fourth-order valence-corrected chi connectivity index (χ4v) is 2.31. The molecule has 1 heterocycles. The van der Waals surface area contributed by atoms with Gasteiger partial charge in [-0.3, -0.25) is 14.4 Å². The zero-order chi connectivity index (χ0) is 17.9. The highest BCUT2D eigenvalue weighted by atomic mass is 16.6. The monoisotopic (exact) mass is 340 g/mol. The molecule has 1 saturated heterocycles. The van der Waals surface area contributed by atoms with E-state index in [1.165, 1.54) is 7.05 Å². The van der Waals surface area contributed by atoms with Gasteiger partial charge in [0.2, 0.25) is 11.8 Å². The molecule has 0 saturated carbocycles. The highest BCUT2D eigenvalue weighted by Gasteiger charge is 2.20. The first kappa shape index (κ1) is 19.9. The standard InChI is InChI=1S/C16H28N4O4/c1-12(2)18-14(21)5-4-6-16(23)20-9-7-13(8-10-20)19-24-11-15(22)17-3/h12H,4-11H2,1-3H3,(H,17,22)(H,18,21). The topological polar surface area (TPSA) is 100 Å². The lowest BCUT2D eigenvalue weighted by atomic mass is 10.1. The Labute approximate surface area is 143 Å². The molecule has 0 atom stereocenters. The number of likely N-dealkylation sites (tertiary alicyclic amines) is 1. The number of hydrogen-bond acceptors (Lipinski definition) is 5. The average Bonchev–Trinajstić information content (AvgIpc) is 2.54. The number of rotatable bonds is 8. The lowest BCUT2D eigenvalue weighted by molar-refractivity contribution is -0.131. The second-order valence-corrected chi connectivity index (χ2v) is 6.06. The van der Waals surface area contributed by atoms with E-state index in [0.29, 0.717) is 45.2 Å². The van der Waals surface area contributed by atoms with E-state index in [-0.39, 0.29) is 30.4 Å². The Morgan fingerprint density at radius 1 is 1.17 bits per heavy atom. The molecule has 0 aromatic carbocycles. The molecule has 8 nitrogen and oxygen atoms in total. The first-order chi connectivity index (χ1) is 11.4. The molecule has 1 fully saturated rings. The van der Waals surface area contributed by atoms with Crippen molar-refractivity contribution in [3.05, 3.63) is 0 Å². The van der Waals surface area contributed by atoms with Crippen molar-refractivity contribution in [2.45, 2.75) is 52.0 Å². The normalized spacial score (nSPS) is 14.3. The Balaban J connectivity index is 2.22. The van der Waals surface area contributed by atoms with Crippen LogP contribution in [0.25, 0.3) is 0 Å². The van der Waals surface area contributed by atoms with Crippen molar-refractivity contribution in [3.63, 3.8) is 0 Å². The maximum absolute atomic E-state index is 12.1. The number of hydrogen-bond donors (Lipinski definition) is 2. The molecular formula is C16H28N4O4. The Morgan fingerprint density at radius 2 is 1.83 bits per heavy atom. The molecule has 2 N–H and O–H groups in total. The van der Waals surface area contributed by atoms with Gasteiger partial charge in [0, 0.05) is 51.9 Å². The first-order valence-corrected chi connectivity index (χ1v) is 8.37. The Hall–Kier alpha value is -2.12. The van der Waals surface area contributed by atoms with Gasteiger partial charge >= 0.3 is 0 Å². The number of oxime groups is 1. The summed E-state index contributed by atoms with van der Waals surface area (Å²) in [4.78, 5) is 41.4. The largest absolute Gasteiger partial charge is 0.386 e. The molecule has 1 aliphatic rings. The van der Waals surface area contributed by atoms with Gasteiger partial charge in [0.05, 0.1) is 5.71 Å². The van der Waals surface area contributed by atoms with Gasteiger partial charge < -0.3 is 20.4 Å². The maximum Gasteiger partial charge on any atom is 0.260 e. The van der Waals surface area contributed by atoms with Crippen molar-refractivity contribution in [3.8, 4) is 0 Å². The van der Waals surface area contributed by atoms with Gasteiger partial charge in [0.15, 0.2) is 6.61 Å². The zero-order valence-electron chi connectivity index (χ0n) is 14.8. The van der Waals surface area contributed by atoms with Crippen LogP contribution in [0, 0.1) is 0 Å². The minimum absolute atomic E-state index is 0.0147. The summed E-state index contributed by atoms with van der Waals surface area (Å²) in [6.07, 6.45) is 2.60. The van der Waals surface area contributed by atoms with E-state index in [1.807, 2.05) is 13.8 Å². The van der Waals surface area contributed by atoms with Crippen molar-refractivity contribution in [1.29, 1.82) is 0 Å². The molecule has 1 rings (SSSR count). The Kier molecular flexibility index (Phi) is 8.81. The van der Waals surface area contributed by atoms with Crippen LogP contribution in [-0.2, 0) is 19.2 Å². The molecule has 0 spiro atoms. The molecule has 0 aromatic heterocycles. The Bertz CT molecular complexity index is 467. The van der Waals surface area contributed by atoms with Crippen LogP contribution in [-0.4, -0.2) is 61.1 Å². The van der Waals surface area contributed by atoms with Gasteiger partial charge in [-0.15, -0.1) is 0 Å². The first-order valence-electron chi connectivity index (χ1n) is 8.37. The van der Waals surface area contributed by atoms with Crippen LogP contribution in [0.3, 0.4) is 0 Å². The van der Waals surface area contributed by atoms with E-state index >= 15 is 0 Å². The van der Waals surface area contributed by atoms with E-state index in [4.69, 9.17) is 4.84 Å². The Morgan fingerprint density at radius 3 is 2.42 bits per heavy atom. The van der Waals surface area contributed by atoms with E-state index in [9.17, 15) is 14.4 Å². The van der Waals surface area contributed by atoms with Gasteiger partial charge in [0.1, 0.15) is 0 Å². The summed E-state index contributed by atoms with van der Waals surface area (Å²) < 4.78 is 0. The SMILES string of the molecule is CNC(=O)CON=C1CCN(C(=O)CCCC(=O)NC(C)C)CC1. The predicted molar refractivity (Wildman–Crippen MR) is 90.4 cm³/mol. The molecule has 24 heavy (non-hydrogen) atoms. The number of piperidine rings is 1. The summed E-state index contributed by atoms with van der Waals surface area (Å²) in [6.45, 7) is 4.92. The molecule has 3 amide bonds. The minimum atomic E-state index is -0.228. The number of carbonyl (C=O) groups is 3. The van der Waals surface area contributed by atoms with Crippen LogP contribution < -0.4 is 10.6 Å². The summed E-state index contributed by atoms with van der Waals surface area (Å²) >= 11 is 0. The van der Waals surface area contributed by atoms with Crippen molar-refractivity contribution in [1.82, 2.24) is 15.5 Å². The van der Waals surface area contributed by atoms with Gasteiger partial charge in [-0.25, -0.2) is 0 Å². The molecule has 1 aliphatic heterocycles. The van der Waals surface area contributed by atoms with Crippen molar-refractivity contribution in [2.24, 2.45) is 5.16 Å². The zero-order valence-corrected chi connectivity index (χ0v) is 14.8. The van der Waals surface area contributed by atoms with Gasteiger partial charge in [-0.2, -0.15) is 0 Å². The second kappa shape index (κ2) is 10.6. The number of nitrogens with one attached hydrogen (secondary N) is 2. The summed E-state index contributed by atoms with van der Waals surface area (Å²) in [7, 11) is 1.54. The van der Waals surface area contributed by atoms with Crippen LogP contribution in [0.5, 0.6) is 0 Å². The number of likely N-dealkylation sites (N-methyl/N-ethyl adjacent to an activating group) is 1. The molecule has 8 heteroatoms. The third-order valence-corrected chi connectivity index (χ3v) is 3.61. The van der Waals surface area contributed by atoms with Gasteiger partial charge in [0.25, 0.3) is 5.91 Å². The van der Waals surface area contributed by atoms with Crippen LogP contribution in [0.2, 0.25) is 0 Å². The fraction of sp³-hybridized carbons (Fsp3) is 0.750. The molecule has 0 aliphatic carbocycles. The smallest absolute Gasteiger partial charge is 0.260 e. The molecule has 0 aromatic rings. The van der Waals surface area contributed by atoms with Crippen LogP contribution in [0.15, 0.2) is 5.16 Å². The van der Waals surface area contributed by atoms with Gasteiger partial charge in [-0.1, -0.05) is 5.16 Å². The van der Waals surface area contributed by atoms with E-state index in [2.05, 4.69) is 15.8 Å². The lowest BCUT2D eigenvalue weighted by Gasteiger charge is -2.27. The highest BCUT2D eigenvalue weighted by molar-refractivity contribution is 5.87. The van der Waals surface area contributed by atoms with E-state index in [1.54, 1.807) is 4.90 Å². The van der Waals surface area contributed by atoms with Crippen molar-refractivity contribution >= 4 is 23.4 Å². The molecule has 0 radical (unpaired) electrons. The minimum Gasteiger partial charge on any atom is -0.386 e. The third kappa shape index (κ3) is 7.94. The molecule has 0 bridgehead atoms. The number of carbonyl (C=O) groups excluding carboxylic acids is 3. The van der Waals surface area contributed by atoms with Gasteiger partial charge in [-0.05, 0) is 20.3 Å². The molecular weight excluding hydrogens is 312 g/mol. The van der Waals surface area contributed by atoms with Crippen LogP contribution in [0.4, 0.5) is 0 Å². The molecule has 136 valence electrons. The summed E-state index contributed by atoms with van der Waals surface area (Å²) in [6, 6.07) is 0.124. The third-order valence-electron chi connectivity index (χ3n) is 3.61. The number of nitrogens with zero attached hydrogens (tertiary/aromatic N) is 2. The van der Waals surface area contributed by atoms with Crippen LogP contribution >= 0.6 is 0 Å². The average molecular weight is 340 g/mol. The quantitative estimate of drug-likeness (QED) is 0.626. The van der Waals surface area contributed by atoms with Crippen LogP contribution in [0.1, 0.15) is 46.0 Å². The summed E-state index contributed by atoms with van der Waals surface area (Å²) in [5, 5.41) is 9.20. The second-order valence-electron chi connectivity index (χ2n) is 6.06. The maximum atomic E-state index is 12.1. The van der Waals surface area contributed by atoms with E-state index < -0.39 is 0 Å². The summed E-state index contributed by atoms with van der Waals surface area (Å²) in [5.74, 6) is -0.176. The highest BCUT2D eigenvalue weighted by Crippen LogP contribution is 2.11.